The van der Waals surface area contributed by atoms with E-state index in [9.17, 15) is 15.0 Å². The molecule has 3 rings (SSSR count). The van der Waals surface area contributed by atoms with Gasteiger partial charge >= 0.3 is 0 Å². The number of nitrogens with one attached hydrogen (secondary N) is 1. The molecule has 1 aromatic heterocycles. The Morgan fingerprint density at radius 1 is 1.10 bits per heavy atom. The molecule has 0 aliphatic heterocycles. The van der Waals surface area contributed by atoms with Crippen molar-refractivity contribution < 1.29 is 19.7 Å². The fraction of sp³-hybridized carbons (Fsp3) is 0.200. The summed E-state index contributed by atoms with van der Waals surface area (Å²) in [7, 11) is 1.58. The van der Waals surface area contributed by atoms with E-state index >= 15 is 0 Å². The van der Waals surface area contributed by atoms with E-state index in [1.807, 2.05) is 6.92 Å². The summed E-state index contributed by atoms with van der Waals surface area (Å²) in [5, 5.41) is 32.2. The highest BCUT2D eigenvalue weighted by molar-refractivity contribution is 7.80. The van der Waals surface area contributed by atoms with Gasteiger partial charge < -0.3 is 20.3 Å². The van der Waals surface area contributed by atoms with Crippen molar-refractivity contribution in [3.63, 3.8) is 0 Å². The molecule has 1 heterocycles. The number of amides is 1. The first-order valence-corrected chi connectivity index (χ1v) is 9.20. The van der Waals surface area contributed by atoms with Crippen molar-refractivity contribution in [2.24, 2.45) is 10.2 Å². The van der Waals surface area contributed by atoms with Crippen molar-refractivity contribution in [3.8, 4) is 17.4 Å². The molecule has 0 saturated heterocycles. The minimum Gasteiger partial charge on any atom is -0.494 e. The summed E-state index contributed by atoms with van der Waals surface area (Å²) in [4.78, 5) is 12.2. The van der Waals surface area contributed by atoms with Crippen LogP contribution in [0, 0.1) is 0 Å². The molecule has 0 fully saturated rings. The lowest BCUT2D eigenvalue weighted by molar-refractivity contribution is 0.0995. The summed E-state index contributed by atoms with van der Waals surface area (Å²) in [5.74, 6) is -0.733. The van der Waals surface area contributed by atoms with Gasteiger partial charge in [0.1, 0.15) is 0 Å². The van der Waals surface area contributed by atoms with Gasteiger partial charge in [0.2, 0.25) is 16.9 Å². The zero-order valence-electron chi connectivity index (χ0n) is 15.9. The van der Waals surface area contributed by atoms with Gasteiger partial charge in [-0.25, -0.2) is 0 Å². The summed E-state index contributed by atoms with van der Waals surface area (Å²) in [6.45, 7) is 2.31. The predicted octanol–water partition coefficient (Wildman–Crippen LogP) is 3.54. The third-order valence-corrected chi connectivity index (χ3v) is 4.42. The molecule has 3 aromatic rings. The molecular weight excluding hydrogens is 392 g/mol. The molecule has 0 unspecified atom stereocenters. The van der Waals surface area contributed by atoms with Crippen molar-refractivity contribution in [3.05, 3.63) is 54.1 Å². The Morgan fingerprint density at radius 3 is 2.24 bits per heavy atom. The Bertz CT molecular complexity index is 1040. The number of carbonyl (C=O) groups excluding carboxylic acids is 1. The summed E-state index contributed by atoms with van der Waals surface area (Å²) >= 11 is 5.02. The Labute approximate surface area is 172 Å². The zero-order chi connectivity index (χ0) is 21.0. The van der Waals surface area contributed by atoms with Gasteiger partial charge in [-0.05, 0) is 55.5 Å². The van der Waals surface area contributed by atoms with E-state index in [-0.39, 0.29) is 22.9 Å². The fourth-order valence-corrected chi connectivity index (χ4v) is 3.13. The second kappa shape index (κ2) is 8.80. The van der Waals surface area contributed by atoms with Crippen LogP contribution in [0.15, 0.2) is 58.8 Å². The quantitative estimate of drug-likeness (QED) is 0.437. The first-order valence-electron chi connectivity index (χ1n) is 8.79. The normalized spacial score (nSPS) is 12.3. The molecule has 9 heteroatoms. The summed E-state index contributed by atoms with van der Waals surface area (Å²) in [6.07, 6.45) is 0. The molecule has 8 nitrogen and oxygen atoms in total. The van der Waals surface area contributed by atoms with Crippen molar-refractivity contribution in [2.75, 3.05) is 13.7 Å². The first kappa shape index (κ1) is 20.4. The SMILES string of the molecule is COC[C@@H](C)NC(=S)N=NC(=O)c1ccc(-n2c(O)c3ccccc3c2O)cc1. The monoisotopic (exact) mass is 412 g/mol. The molecular formula is C20H20N4O4S. The average Bonchev–Trinajstić information content (AvgIpc) is 2.97. The lowest BCUT2D eigenvalue weighted by Gasteiger charge is -2.11. The number of hydrogen-bond acceptors (Lipinski definition) is 5. The van der Waals surface area contributed by atoms with Crippen LogP contribution in [0.5, 0.6) is 11.8 Å². The van der Waals surface area contributed by atoms with Crippen LogP contribution in [0.4, 0.5) is 0 Å². The van der Waals surface area contributed by atoms with Crippen LogP contribution in [0.25, 0.3) is 16.5 Å². The van der Waals surface area contributed by atoms with Crippen LogP contribution in [0.2, 0.25) is 0 Å². The Hall–Kier alpha value is -3.30. The first-order chi connectivity index (χ1) is 13.9. The number of aromatic hydroxyl groups is 2. The van der Waals surface area contributed by atoms with Crippen LogP contribution in [0.1, 0.15) is 17.3 Å². The van der Waals surface area contributed by atoms with Crippen molar-refractivity contribution in [2.45, 2.75) is 13.0 Å². The van der Waals surface area contributed by atoms with Gasteiger partial charge in [-0.3, -0.25) is 9.36 Å². The number of methoxy groups -OCH3 is 1. The molecule has 0 aliphatic rings. The molecule has 0 spiro atoms. The number of fused-ring (bicyclic) bond motifs is 1. The molecule has 0 saturated carbocycles. The Kier molecular flexibility index (Phi) is 6.20. The maximum Gasteiger partial charge on any atom is 0.295 e. The van der Waals surface area contributed by atoms with Gasteiger partial charge in [-0.1, -0.05) is 12.1 Å². The number of carbonyl (C=O) groups is 1. The fourth-order valence-electron chi connectivity index (χ4n) is 2.89. The van der Waals surface area contributed by atoms with Gasteiger partial charge in [0.15, 0.2) is 0 Å². The molecule has 150 valence electrons. The van der Waals surface area contributed by atoms with E-state index in [1.54, 1.807) is 43.5 Å². The number of benzene rings is 2. The molecule has 0 aliphatic carbocycles. The van der Waals surface area contributed by atoms with E-state index in [0.29, 0.717) is 28.6 Å². The number of rotatable bonds is 5. The van der Waals surface area contributed by atoms with Crippen LogP contribution in [-0.2, 0) is 4.74 Å². The van der Waals surface area contributed by atoms with E-state index < -0.39 is 5.91 Å². The topological polar surface area (TPSA) is 108 Å². The van der Waals surface area contributed by atoms with E-state index in [0.717, 1.165) is 0 Å². The average molecular weight is 412 g/mol. The third-order valence-electron chi connectivity index (χ3n) is 4.22. The molecule has 1 amide bonds. The lowest BCUT2D eigenvalue weighted by atomic mass is 10.2. The molecule has 29 heavy (non-hydrogen) atoms. The zero-order valence-corrected chi connectivity index (χ0v) is 16.7. The summed E-state index contributed by atoms with van der Waals surface area (Å²) in [6, 6.07) is 13.2. The largest absolute Gasteiger partial charge is 0.494 e. The molecule has 0 bridgehead atoms. The highest BCUT2D eigenvalue weighted by Gasteiger charge is 2.17. The predicted molar refractivity (Wildman–Crippen MR) is 113 cm³/mol. The van der Waals surface area contributed by atoms with Gasteiger partial charge in [-0.15, -0.1) is 10.2 Å². The van der Waals surface area contributed by atoms with E-state index in [4.69, 9.17) is 17.0 Å². The van der Waals surface area contributed by atoms with E-state index in [2.05, 4.69) is 15.5 Å². The van der Waals surface area contributed by atoms with Crippen LogP contribution < -0.4 is 5.32 Å². The number of thiocarbonyl (C=S) groups is 1. The maximum atomic E-state index is 12.2. The standard InChI is InChI=1S/C20H20N4O4S/c1-12(11-28-2)21-20(29)23-22-17(25)13-7-9-14(10-8-13)24-18(26)15-5-3-4-6-16(15)19(24)27/h3-10,12,26-27H,11H2,1-2H3,(H,21,29)/t12-/m1/s1. The number of aromatic nitrogens is 1. The van der Waals surface area contributed by atoms with Crippen LogP contribution in [-0.4, -0.2) is 45.6 Å². The van der Waals surface area contributed by atoms with Crippen molar-refractivity contribution in [1.82, 2.24) is 9.88 Å². The number of azo groups is 1. The second-order valence-corrected chi connectivity index (χ2v) is 6.77. The molecule has 0 radical (unpaired) electrons. The minimum absolute atomic E-state index is 0.0572. The van der Waals surface area contributed by atoms with Gasteiger partial charge in [0.05, 0.1) is 12.3 Å². The maximum absolute atomic E-state index is 12.2. The van der Waals surface area contributed by atoms with Gasteiger partial charge in [0, 0.05) is 29.5 Å². The lowest BCUT2D eigenvalue weighted by Crippen LogP contribution is -2.33. The highest BCUT2D eigenvalue weighted by Crippen LogP contribution is 2.38. The van der Waals surface area contributed by atoms with Crippen molar-refractivity contribution >= 4 is 34.0 Å². The minimum atomic E-state index is -0.564. The summed E-state index contributed by atoms with van der Waals surface area (Å²) < 4.78 is 6.29. The third kappa shape index (κ3) is 4.41. The Balaban J connectivity index is 1.76. The molecule has 3 N–H and O–H groups in total. The van der Waals surface area contributed by atoms with Gasteiger partial charge in [-0.2, -0.15) is 0 Å². The number of hydrogen-bond donors (Lipinski definition) is 3. The highest BCUT2D eigenvalue weighted by atomic mass is 32.1. The van der Waals surface area contributed by atoms with Gasteiger partial charge in [0.25, 0.3) is 5.91 Å². The molecule has 2 aromatic carbocycles. The Morgan fingerprint density at radius 2 is 1.69 bits per heavy atom. The van der Waals surface area contributed by atoms with Crippen molar-refractivity contribution in [1.29, 1.82) is 0 Å². The second-order valence-electron chi connectivity index (χ2n) is 6.39. The number of nitrogens with zero attached hydrogens (tertiary/aromatic N) is 3. The molecule has 1 atom stereocenters. The summed E-state index contributed by atoms with van der Waals surface area (Å²) in [5.41, 5.74) is 0.788. The van der Waals surface area contributed by atoms with E-state index in [1.165, 1.54) is 16.7 Å². The number of ether oxygens (including phenoxy) is 1. The smallest absolute Gasteiger partial charge is 0.295 e. The van der Waals surface area contributed by atoms with Crippen LogP contribution >= 0.6 is 12.2 Å². The van der Waals surface area contributed by atoms with Crippen LogP contribution in [0.3, 0.4) is 0 Å².